The van der Waals surface area contributed by atoms with E-state index in [4.69, 9.17) is 14.2 Å². The van der Waals surface area contributed by atoms with Gasteiger partial charge in [0.15, 0.2) is 11.5 Å². The fraction of sp³-hybridized carbons (Fsp3) is 0.241. The van der Waals surface area contributed by atoms with Crippen molar-refractivity contribution in [2.45, 2.75) is 26.3 Å². The number of methoxy groups -OCH3 is 3. The van der Waals surface area contributed by atoms with Crippen LogP contribution in [0.3, 0.4) is 0 Å². The predicted octanol–water partition coefficient (Wildman–Crippen LogP) is 4.76. The summed E-state index contributed by atoms with van der Waals surface area (Å²) in [6, 6.07) is 20.8. The second-order valence-electron chi connectivity index (χ2n) is 8.59. The highest BCUT2D eigenvalue weighted by molar-refractivity contribution is 5.92. The maximum absolute atomic E-state index is 13.6. The third kappa shape index (κ3) is 5.51. The van der Waals surface area contributed by atoms with Gasteiger partial charge in [0.05, 0.1) is 26.8 Å². The number of pyridine rings is 1. The number of ether oxygens (including phenoxy) is 3. The first kappa shape index (κ1) is 24.9. The number of anilines is 1. The van der Waals surface area contributed by atoms with E-state index in [-0.39, 0.29) is 18.0 Å². The Kier molecular flexibility index (Phi) is 7.59. The molecule has 186 valence electrons. The third-order valence-electron chi connectivity index (χ3n) is 6.13. The number of rotatable bonds is 9. The average Bonchev–Trinajstić information content (AvgIpc) is 2.89. The average molecular weight is 487 g/mol. The first-order chi connectivity index (χ1) is 17.4. The molecule has 36 heavy (non-hydrogen) atoms. The van der Waals surface area contributed by atoms with Crippen LogP contribution >= 0.6 is 0 Å². The van der Waals surface area contributed by atoms with Gasteiger partial charge in [-0.15, -0.1) is 0 Å². The second kappa shape index (κ2) is 11.0. The first-order valence-electron chi connectivity index (χ1n) is 11.7. The molecule has 1 heterocycles. The summed E-state index contributed by atoms with van der Waals surface area (Å²) in [4.78, 5) is 26.6. The van der Waals surface area contributed by atoms with Crippen molar-refractivity contribution in [1.29, 1.82) is 0 Å². The Morgan fingerprint density at radius 2 is 1.58 bits per heavy atom. The lowest BCUT2D eigenvalue weighted by Gasteiger charge is -2.16. The molecule has 7 nitrogen and oxygen atoms in total. The van der Waals surface area contributed by atoms with Gasteiger partial charge in [-0.1, -0.05) is 35.9 Å². The minimum absolute atomic E-state index is 0.152. The van der Waals surface area contributed by atoms with Gasteiger partial charge in [0.1, 0.15) is 12.3 Å². The Morgan fingerprint density at radius 3 is 2.28 bits per heavy atom. The Morgan fingerprint density at radius 1 is 0.861 bits per heavy atom. The molecule has 0 saturated carbocycles. The quantitative estimate of drug-likeness (QED) is 0.369. The lowest BCUT2D eigenvalue weighted by molar-refractivity contribution is -0.116. The number of hydrogen-bond donors (Lipinski definition) is 1. The first-order valence-corrected chi connectivity index (χ1v) is 11.7. The van der Waals surface area contributed by atoms with Crippen LogP contribution in [0.2, 0.25) is 0 Å². The topological polar surface area (TPSA) is 78.8 Å². The van der Waals surface area contributed by atoms with Crippen molar-refractivity contribution in [3.8, 4) is 17.2 Å². The van der Waals surface area contributed by atoms with Gasteiger partial charge in [0, 0.05) is 28.8 Å². The standard InChI is InChI=1S/C29H30N2O5/c1-19-8-10-20(11-9-19)12-13-21-14-22-15-26(35-3)27(36-4)17-25(22)31(29(21)33)18-28(32)30-23-6-5-7-24(16-23)34-2/h5-11,14-17H,12-13,18H2,1-4H3,(H,30,32). The van der Waals surface area contributed by atoms with Crippen molar-refractivity contribution in [2.24, 2.45) is 0 Å². The highest BCUT2D eigenvalue weighted by atomic mass is 16.5. The van der Waals surface area contributed by atoms with Crippen molar-refractivity contribution in [2.75, 3.05) is 26.6 Å². The van der Waals surface area contributed by atoms with E-state index < -0.39 is 0 Å². The summed E-state index contributed by atoms with van der Waals surface area (Å²) < 4.78 is 17.7. The fourth-order valence-corrected chi connectivity index (χ4v) is 4.18. The maximum atomic E-state index is 13.6. The van der Waals surface area contributed by atoms with E-state index in [2.05, 4.69) is 29.6 Å². The predicted molar refractivity (Wildman–Crippen MR) is 142 cm³/mol. The van der Waals surface area contributed by atoms with E-state index in [9.17, 15) is 9.59 Å². The molecule has 1 N–H and O–H groups in total. The molecule has 0 atom stereocenters. The van der Waals surface area contributed by atoms with Crippen LogP contribution in [-0.2, 0) is 24.2 Å². The molecule has 4 aromatic rings. The monoisotopic (exact) mass is 486 g/mol. The van der Waals surface area contributed by atoms with Crippen LogP contribution in [0, 0.1) is 6.92 Å². The largest absolute Gasteiger partial charge is 0.497 e. The van der Waals surface area contributed by atoms with Crippen LogP contribution in [0.1, 0.15) is 16.7 Å². The van der Waals surface area contributed by atoms with Crippen LogP contribution in [0.25, 0.3) is 10.9 Å². The molecular weight excluding hydrogens is 456 g/mol. The van der Waals surface area contributed by atoms with Crippen LogP contribution in [0.5, 0.6) is 17.2 Å². The Hall–Kier alpha value is -4.26. The SMILES string of the molecule is COc1cccc(NC(=O)Cn2c(=O)c(CCc3ccc(C)cc3)cc3cc(OC)c(OC)cc32)c1. The van der Waals surface area contributed by atoms with Crippen molar-refractivity contribution >= 4 is 22.5 Å². The van der Waals surface area contributed by atoms with E-state index >= 15 is 0 Å². The van der Waals surface area contributed by atoms with E-state index in [1.165, 1.54) is 17.2 Å². The zero-order valence-corrected chi connectivity index (χ0v) is 21.0. The molecule has 4 rings (SSSR count). The van der Waals surface area contributed by atoms with Crippen LogP contribution < -0.4 is 25.1 Å². The summed E-state index contributed by atoms with van der Waals surface area (Å²) in [5, 5.41) is 3.65. The fourth-order valence-electron chi connectivity index (χ4n) is 4.18. The van der Waals surface area contributed by atoms with E-state index in [1.807, 2.05) is 19.1 Å². The van der Waals surface area contributed by atoms with Crippen LogP contribution in [-0.4, -0.2) is 31.8 Å². The molecule has 0 fully saturated rings. The van der Waals surface area contributed by atoms with Crippen LogP contribution in [0.4, 0.5) is 5.69 Å². The number of aromatic nitrogens is 1. The zero-order valence-electron chi connectivity index (χ0n) is 21.0. The molecule has 1 aromatic heterocycles. The van der Waals surface area contributed by atoms with E-state index in [0.29, 0.717) is 46.9 Å². The van der Waals surface area contributed by atoms with E-state index in [0.717, 1.165) is 10.9 Å². The normalized spacial score (nSPS) is 10.8. The smallest absolute Gasteiger partial charge is 0.254 e. The molecule has 7 heteroatoms. The number of amides is 1. The number of aryl methyl sites for hydroxylation is 3. The van der Waals surface area contributed by atoms with Gasteiger partial charge in [-0.3, -0.25) is 14.2 Å². The molecule has 0 aliphatic carbocycles. The van der Waals surface area contributed by atoms with Gasteiger partial charge >= 0.3 is 0 Å². The molecule has 0 bridgehead atoms. The highest BCUT2D eigenvalue weighted by Crippen LogP contribution is 2.32. The third-order valence-corrected chi connectivity index (χ3v) is 6.13. The van der Waals surface area contributed by atoms with Crippen molar-refractivity contribution in [3.05, 3.63) is 93.8 Å². The van der Waals surface area contributed by atoms with E-state index in [1.54, 1.807) is 44.6 Å². The molecule has 0 saturated heterocycles. The lowest BCUT2D eigenvalue weighted by atomic mass is 10.0. The van der Waals surface area contributed by atoms with Crippen molar-refractivity contribution in [1.82, 2.24) is 4.57 Å². The summed E-state index contributed by atoms with van der Waals surface area (Å²) in [7, 11) is 4.67. The Bertz CT molecular complexity index is 1440. The Labute approximate surface area is 210 Å². The van der Waals surface area contributed by atoms with Crippen molar-refractivity contribution in [3.63, 3.8) is 0 Å². The highest BCUT2D eigenvalue weighted by Gasteiger charge is 2.16. The summed E-state index contributed by atoms with van der Waals surface area (Å²) in [6.07, 6.45) is 1.26. The summed E-state index contributed by atoms with van der Waals surface area (Å²) in [5.74, 6) is 1.35. The molecule has 0 aliphatic heterocycles. The Balaban J connectivity index is 1.71. The molecule has 0 radical (unpaired) electrons. The van der Waals surface area contributed by atoms with Gasteiger partial charge < -0.3 is 19.5 Å². The second-order valence-corrected chi connectivity index (χ2v) is 8.59. The number of carbonyl (C=O) groups is 1. The molecular formula is C29H30N2O5. The number of benzene rings is 3. The lowest BCUT2D eigenvalue weighted by Crippen LogP contribution is -2.30. The molecule has 3 aromatic carbocycles. The zero-order chi connectivity index (χ0) is 25.7. The summed E-state index contributed by atoms with van der Waals surface area (Å²) >= 11 is 0. The maximum Gasteiger partial charge on any atom is 0.254 e. The minimum Gasteiger partial charge on any atom is -0.497 e. The molecule has 0 spiro atoms. The number of nitrogens with one attached hydrogen (secondary N) is 1. The summed E-state index contributed by atoms with van der Waals surface area (Å²) in [6.45, 7) is 1.89. The van der Waals surface area contributed by atoms with Gasteiger partial charge in [0.25, 0.3) is 5.56 Å². The number of hydrogen-bond acceptors (Lipinski definition) is 5. The van der Waals surface area contributed by atoms with Crippen LogP contribution in [0.15, 0.2) is 71.5 Å². The van der Waals surface area contributed by atoms with Gasteiger partial charge in [0.2, 0.25) is 5.91 Å². The summed E-state index contributed by atoms with van der Waals surface area (Å²) in [5.41, 5.74) is 3.95. The number of carbonyl (C=O) groups excluding carboxylic acids is 1. The molecule has 0 unspecified atom stereocenters. The molecule has 1 amide bonds. The number of fused-ring (bicyclic) bond motifs is 1. The van der Waals surface area contributed by atoms with Gasteiger partial charge in [-0.25, -0.2) is 0 Å². The van der Waals surface area contributed by atoms with Gasteiger partial charge in [-0.2, -0.15) is 0 Å². The molecule has 0 aliphatic rings. The van der Waals surface area contributed by atoms with Gasteiger partial charge in [-0.05, 0) is 49.6 Å². The van der Waals surface area contributed by atoms with Crippen molar-refractivity contribution < 1.29 is 19.0 Å². The number of nitrogens with zero attached hydrogens (tertiary/aromatic N) is 1. The minimum atomic E-state index is -0.322.